The normalized spacial score (nSPS) is 15.9. The summed E-state index contributed by atoms with van der Waals surface area (Å²) < 4.78 is 261. The van der Waals surface area contributed by atoms with E-state index in [2.05, 4.69) is 14.5 Å². The number of rotatable bonds is 4. The Kier molecular flexibility index (Phi) is 8.36. The quantitative estimate of drug-likeness (QED) is 0.113. The highest BCUT2D eigenvalue weighted by atomic mass is 32.5. The van der Waals surface area contributed by atoms with Gasteiger partial charge >= 0.3 is 26.3 Å². The molecule has 5 rings (SSSR count). The van der Waals surface area contributed by atoms with Crippen molar-refractivity contribution in [2.24, 2.45) is 0 Å². The molecule has 0 saturated carbocycles. The van der Waals surface area contributed by atoms with Gasteiger partial charge in [0.25, 0.3) is 0 Å². The third-order valence-corrected chi connectivity index (χ3v) is 10.7. The Morgan fingerprint density at radius 2 is 0.845 bits per heavy atom. The minimum atomic E-state index is -11.8. The molecule has 0 bridgehead atoms. The average molecular weight is 879 g/mol. The summed E-state index contributed by atoms with van der Waals surface area (Å²) in [5.74, 6) is -30.5. The molecule has 0 unspecified atom stereocenters. The first-order valence-electron chi connectivity index (χ1n) is 14.1. The number of allylic oxidation sites excluding steroid dienone is 2. The van der Waals surface area contributed by atoms with E-state index in [1.165, 1.54) is 0 Å². The molecular weight excluding hydrogens is 874 g/mol. The molecule has 2 aliphatic rings. The van der Waals surface area contributed by atoms with E-state index in [9.17, 15) is 54.6 Å². The van der Waals surface area contributed by atoms with Crippen molar-refractivity contribution < 1.29 is 74.0 Å². The van der Waals surface area contributed by atoms with E-state index in [0.717, 1.165) is 18.2 Å². The number of halogens is 18. The maximum absolute atomic E-state index is 15.9. The molecule has 0 N–H and O–H groups in total. The van der Waals surface area contributed by atoms with Gasteiger partial charge in [0.1, 0.15) is 36.9 Å². The summed E-state index contributed by atoms with van der Waals surface area (Å²) in [5.41, 5.74) is -17.7. The Labute approximate surface area is 309 Å². The summed E-state index contributed by atoms with van der Waals surface area (Å²) in [6.45, 7) is 22.2. The molecule has 6 nitrogen and oxygen atoms in total. The van der Waals surface area contributed by atoms with Crippen LogP contribution in [0.1, 0.15) is 11.1 Å². The molecule has 300 valence electrons. The number of benzene rings is 3. The lowest BCUT2D eigenvalue weighted by atomic mass is 9.86. The SMILES string of the molecule is [C-]#[N+]C([N+]#[C-])=C1Cc2c(-c3c(F)c(F)c(S(F)(F)(F)(F)F)c(F)c3F)c3c(c(-c4c(F)c(F)c(S(F)(F)(F)(F)F)c(F)c4F)c2=C1[N+]#[C-])CC(=C(C#N)C#N)C=3C#N. The Bertz CT molecular complexity index is 2760. The van der Waals surface area contributed by atoms with Crippen LogP contribution in [0.2, 0.25) is 0 Å². The number of nitriles is 3. The zero-order valence-electron chi connectivity index (χ0n) is 26.7. The van der Waals surface area contributed by atoms with Crippen molar-refractivity contribution in [2.45, 2.75) is 22.6 Å². The summed E-state index contributed by atoms with van der Waals surface area (Å²) in [5, 5.41) is 26.1. The zero-order valence-corrected chi connectivity index (χ0v) is 28.4. The van der Waals surface area contributed by atoms with Gasteiger partial charge in [-0.3, -0.25) is 0 Å². The van der Waals surface area contributed by atoms with Crippen LogP contribution in [0, 0.1) is 100 Å². The van der Waals surface area contributed by atoms with Gasteiger partial charge in [-0.1, -0.05) is 38.9 Å². The van der Waals surface area contributed by atoms with Crippen LogP contribution < -0.4 is 10.4 Å². The maximum atomic E-state index is 15.9. The summed E-state index contributed by atoms with van der Waals surface area (Å²) in [6.07, 6.45) is -3.05. The Balaban J connectivity index is 2.32. The van der Waals surface area contributed by atoms with Gasteiger partial charge < -0.3 is 0 Å². The van der Waals surface area contributed by atoms with Crippen molar-refractivity contribution in [2.75, 3.05) is 0 Å². The molecular formula is C32H4F18N6S2. The molecule has 0 heterocycles. The molecule has 2 aliphatic carbocycles. The van der Waals surface area contributed by atoms with Gasteiger partial charge in [-0.25, -0.2) is 40.0 Å². The lowest BCUT2D eigenvalue weighted by Gasteiger charge is -2.41. The Morgan fingerprint density at radius 3 is 1.16 bits per heavy atom. The number of fused-ring (bicyclic) bond motifs is 2. The molecule has 0 amide bonds. The van der Waals surface area contributed by atoms with Crippen molar-refractivity contribution in [3.05, 3.63) is 125 Å². The lowest BCUT2D eigenvalue weighted by Crippen LogP contribution is -2.27. The van der Waals surface area contributed by atoms with Crippen molar-refractivity contribution in [1.82, 2.24) is 0 Å². The second kappa shape index (κ2) is 11.4. The van der Waals surface area contributed by atoms with Crippen LogP contribution in [0.15, 0.2) is 32.3 Å². The molecule has 0 aromatic heterocycles. The molecule has 0 atom stereocenters. The monoisotopic (exact) mass is 878 g/mol. The molecule has 58 heavy (non-hydrogen) atoms. The van der Waals surface area contributed by atoms with Crippen LogP contribution >= 0.6 is 20.4 Å². The van der Waals surface area contributed by atoms with Crippen molar-refractivity contribution in [3.8, 4) is 40.5 Å². The van der Waals surface area contributed by atoms with E-state index < -0.39 is 167 Å². The highest BCUT2D eigenvalue weighted by Crippen LogP contribution is 3.03. The van der Waals surface area contributed by atoms with Crippen molar-refractivity contribution in [3.63, 3.8) is 0 Å². The molecule has 0 aliphatic heterocycles. The first kappa shape index (κ1) is 42.4. The topological polar surface area (TPSA) is 84.5 Å². The molecule has 3 aromatic rings. The first-order valence-corrected chi connectivity index (χ1v) is 18.0. The van der Waals surface area contributed by atoms with E-state index in [1.807, 2.05) is 0 Å². The fourth-order valence-electron chi connectivity index (χ4n) is 6.43. The Hall–Kier alpha value is -6.74. The first-order chi connectivity index (χ1) is 26.2. The number of nitrogens with zero attached hydrogens (tertiary/aromatic N) is 6. The summed E-state index contributed by atoms with van der Waals surface area (Å²) in [7, 11) is -23.6. The summed E-state index contributed by atoms with van der Waals surface area (Å²) in [4.78, 5) is -0.564. The fourth-order valence-corrected chi connectivity index (χ4v) is 8.14. The molecule has 0 radical (unpaired) electrons. The molecule has 0 saturated heterocycles. The third-order valence-electron chi connectivity index (χ3n) is 8.44. The van der Waals surface area contributed by atoms with E-state index in [0.29, 0.717) is 0 Å². The van der Waals surface area contributed by atoms with E-state index in [-0.39, 0.29) is 0 Å². The number of hydrogen-bond acceptors (Lipinski definition) is 3. The second-order valence-electron chi connectivity index (χ2n) is 11.7. The van der Waals surface area contributed by atoms with E-state index in [4.69, 9.17) is 19.7 Å². The lowest BCUT2D eigenvalue weighted by molar-refractivity contribution is 0.327. The highest BCUT2D eigenvalue weighted by molar-refractivity contribution is 8.46. The van der Waals surface area contributed by atoms with Crippen LogP contribution in [-0.2, 0) is 12.8 Å². The smallest absolute Gasteiger partial charge is 0.238 e. The average Bonchev–Trinajstić information content (AvgIpc) is 3.65. The van der Waals surface area contributed by atoms with Gasteiger partial charge in [0.05, 0.1) is 28.8 Å². The predicted octanol–water partition coefficient (Wildman–Crippen LogP) is 11.7. The van der Waals surface area contributed by atoms with Crippen LogP contribution in [-0.4, -0.2) is 0 Å². The van der Waals surface area contributed by atoms with Crippen LogP contribution in [0.4, 0.5) is 74.0 Å². The van der Waals surface area contributed by atoms with Crippen LogP contribution in [0.3, 0.4) is 0 Å². The molecule has 26 heteroatoms. The number of hydrogen-bond donors (Lipinski definition) is 0. The van der Waals surface area contributed by atoms with Crippen LogP contribution in [0.5, 0.6) is 0 Å². The summed E-state index contributed by atoms with van der Waals surface area (Å²) >= 11 is 0. The predicted molar refractivity (Wildman–Crippen MR) is 164 cm³/mol. The highest BCUT2D eigenvalue weighted by Gasteiger charge is 2.71. The zero-order chi connectivity index (χ0) is 44.3. The minimum Gasteiger partial charge on any atom is -0.238 e. The largest absolute Gasteiger partial charge is 0.512 e. The van der Waals surface area contributed by atoms with Gasteiger partial charge in [0, 0.05) is 17.2 Å². The molecule has 3 aromatic carbocycles. The van der Waals surface area contributed by atoms with E-state index in [1.54, 1.807) is 0 Å². The van der Waals surface area contributed by atoms with Crippen LogP contribution in [0.25, 0.3) is 48.1 Å². The standard InChI is InChI=1S/C32H4F18N6S2/c1-54-29-13(32(55-2)56-3)5-12-16(19-21(33)25(37)30(26(38)22(19)34)57(41,42,43,44)45)15-11(4-10(14(15)8-53)9(6-51)7-52)17(18(12)29)20-23(35)27(39)31(28(40)24(20)36)58(46,47,48,49)50/h4-5H2. The Morgan fingerprint density at radius 1 is 0.500 bits per heavy atom. The maximum Gasteiger partial charge on any atom is 0.512 e. The van der Waals surface area contributed by atoms with Gasteiger partial charge in [-0.05, 0) is 33.9 Å². The van der Waals surface area contributed by atoms with Gasteiger partial charge in [0.15, 0.2) is 62.0 Å². The van der Waals surface area contributed by atoms with Gasteiger partial charge in [0.2, 0.25) is 0 Å². The van der Waals surface area contributed by atoms with Gasteiger partial charge in [-0.15, -0.1) is 0 Å². The second-order valence-corrected chi connectivity index (χ2v) is 16.4. The summed E-state index contributed by atoms with van der Waals surface area (Å²) in [6, 6.07) is 3.45. The van der Waals surface area contributed by atoms with Crippen molar-refractivity contribution >= 4 is 31.7 Å². The third kappa shape index (κ3) is 6.09. The fraction of sp³-hybridized carbons (Fsp3) is 0.0625. The van der Waals surface area contributed by atoms with Crippen molar-refractivity contribution in [1.29, 1.82) is 15.8 Å². The van der Waals surface area contributed by atoms with Gasteiger partial charge in [-0.2, -0.15) is 25.5 Å². The molecule has 0 spiro atoms. The molecule has 0 fully saturated rings. The minimum absolute atomic E-state index is 1.07. The van der Waals surface area contributed by atoms with E-state index >= 15 is 35.1 Å².